The molecule has 96 valence electrons. The van der Waals surface area contributed by atoms with Crippen molar-refractivity contribution in [2.45, 2.75) is 10.4 Å². The third-order valence-electron chi connectivity index (χ3n) is 1.81. The Hall–Kier alpha value is -0.950. The van der Waals surface area contributed by atoms with Gasteiger partial charge in [0, 0.05) is 8.47 Å². The van der Waals surface area contributed by atoms with Gasteiger partial charge in [0.15, 0.2) is 0 Å². The molecule has 3 nitrogen and oxygen atoms in total. The van der Waals surface area contributed by atoms with Crippen molar-refractivity contribution >= 4 is 40.3 Å². The Morgan fingerprint density at radius 2 is 2.11 bits per heavy atom. The first-order valence-corrected chi connectivity index (χ1v) is 6.25. The average molecular weight is 387 g/mol. The second-order valence-corrected chi connectivity index (χ2v) is 5.25. The Balaban J connectivity index is 3.33. The number of nitriles is 1. The fourth-order valence-corrected chi connectivity index (χ4v) is 2.75. The minimum Gasteiger partial charge on any atom is -0.465 e. The van der Waals surface area contributed by atoms with Crippen molar-refractivity contribution in [1.29, 1.82) is 5.26 Å². The zero-order chi connectivity index (χ0) is 13.9. The molecule has 1 aromatic rings. The molecule has 8 heteroatoms. The summed E-state index contributed by atoms with van der Waals surface area (Å²) in [5.41, 5.74) is -4.65. The molecule has 0 saturated heterocycles. The van der Waals surface area contributed by atoms with Crippen molar-refractivity contribution in [3.8, 4) is 6.07 Å². The Morgan fingerprint density at radius 1 is 1.50 bits per heavy atom. The van der Waals surface area contributed by atoms with Crippen LogP contribution >= 0.6 is 34.4 Å². The van der Waals surface area contributed by atoms with Crippen LogP contribution in [0.5, 0.6) is 0 Å². The van der Waals surface area contributed by atoms with Gasteiger partial charge >= 0.3 is 11.5 Å². The number of rotatable bonds is 2. The minimum absolute atomic E-state index is 0.0207. The van der Waals surface area contributed by atoms with Gasteiger partial charge < -0.3 is 4.74 Å². The van der Waals surface area contributed by atoms with Gasteiger partial charge in [0.2, 0.25) is 0 Å². The number of nitrogens with zero attached hydrogens (tertiary/aromatic N) is 1. The first kappa shape index (κ1) is 15.1. The van der Waals surface area contributed by atoms with Crippen LogP contribution in [0.4, 0.5) is 13.2 Å². The summed E-state index contributed by atoms with van der Waals surface area (Å²) in [6, 6.07) is 4.01. The molecule has 0 aromatic heterocycles. The predicted molar refractivity (Wildman–Crippen MR) is 67.1 cm³/mol. The highest BCUT2D eigenvalue weighted by atomic mass is 127. The summed E-state index contributed by atoms with van der Waals surface area (Å²) in [5, 5.41) is 8.83. The molecular formula is C10H5F3INO2S. The SMILES string of the molecule is COC(=O)c1cc(I)c(C#N)c(SC(F)(F)F)c1. The van der Waals surface area contributed by atoms with Gasteiger partial charge in [-0.15, -0.1) is 0 Å². The van der Waals surface area contributed by atoms with Gasteiger partial charge in [-0.3, -0.25) is 0 Å². The highest BCUT2D eigenvalue weighted by Gasteiger charge is 2.31. The highest BCUT2D eigenvalue weighted by molar-refractivity contribution is 14.1. The Labute approximate surface area is 118 Å². The van der Waals surface area contributed by atoms with E-state index in [4.69, 9.17) is 5.26 Å². The van der Waals surface area contributed by atoms with Crippen LogP contribution in [0.1, 0.15) is 15.9 Å². The van der Waals surface area contributed by atoms with Crippen LogP contribution in [0, 0.1) is 14.9 Å². The van der Waals surface area contributed by atoms with Gasteiger partial charge in [0.25, 0.3) is 0 Å². The third kappa shape index (κ3) is 3.78. The molecule has 0 N–H and O–H groups in total. The molecule has 0 aliphatic heterocycles. The van der Waals surface area contributed by atoms with Crippen LogP contribution in [0.3, 0.4) is 0 Å². The largest absolute Gasteiger partial charge is 0.465 e. The molecule has 18 heavy (non-hydrogen) atoms. The smallest absolute Gasteiger partial charge is 0.446 e. The third-order valence-corrected chi connectivity index (χ3v) is 3.44. The highest BCUT2D eigenvalue weighted by Crippen LogP contribution is 2.40. The Morgan fingerprint density at radius 3 is 2.56 bits per heavy atom. The maximum absolute atomic E-state index is 12.3. The summed E-state index contributed by atoms with van der Waals surface area (Å²) in [6.07, 6.45) is 0. The molecule has 1 aromatic carbocycles. The van der Waals surface area contributed by atoms with Gasteiger partial charge in [-0.2, -0.15) is 18.4 Å². The van der Waals surface area contributed by atoms with E-state index in [2.05, 4.69) is 4.74 Å². The van der Waals surface area contributed by atoms with Crippen LogP contribution in [0.15, 0.2) is 17.0 Å². The molecule has 0 amide bonds. The number of alkyl halides is 3. The lowest BCUT2D eigenvalue weighted by Gasteiger charge is -2.10. The van der Waals surface area contributed by atoms with E-state index in [1.165, 1.54) is 6.07 Å². The first-order valence-electron chi connectivity index (χ1n) is 4.36. The van der Waals surface area contributed by atoms with Gasteiger partial charge in [0.1, 0.15) is 6.07 Å². The second-order valence-electron chi connectivity index (χ2n) is 2.98. The number of ether oxygens (including phenoxy) is 1. The number of benzene rings is 1. The number of hydrogen-bond donors (Lipinski definition) is 0. The predicted octanol–water partition coefficient (Wildman–Crippen LogP) is 3.56. The van der Waals surface area contributed by atoms with E-state index in [-0.39, 0.29) is 19.6 Å². The lowest BCUT2D eigenvalue weighted by molar-refractivity contribution is -0.0328. The van der Waals surface area contributed by atoms with Crippen molar-refractivity contribution < 1.29 is 22.7 Å². The number of halogens is 4. The molecule has 0 spiro atoms. The number of esters is 1. The number of carbonyl (C=O) groups is 1. The van der Waals surface area contributed by atoms with Crippen molar-refractivity contribution in [2.24, 2.45) is 0 Å². The molecule has 0 aliphatic rings. The van der Waals surface area contributed by atoms with E-state index in [0.717, 1.165) is 13.2 Å². The number of carbonyl (C=O) groups excluding carboxylic acids is 1. The molecule has 0 radical (unpaired) electrons. The monoisotopic (exact) mass is 387 g/mol. The standard InChI is InChI=1S/C10H5F3INO2S/c1-17-9(16)5-2-7(14)6(4-15)8(3-5)18-10(11,12)13/h2-3H,1H3. The zero-order valence-corrected chi connectivity index (χ0v) is 11.8. The molecule has 0 unspecified atom stereocenters. The van der Waals surface area contributed by atoms with Crippen LogP contribution < -0.4 is 0 Å². The molecule has 1 rings (SSSR count). The second kappa shape index (κ2) is 5.79. The number of hydrogen-bond acceptors (Lipinski definition) is 4. The maximum atomic E-state index is 12.3. The molecule has 0 fully saturated rings. The summed E-state index contributed by atoms with van der Waals surface area (Å²) >= 11 is 1.27. The van der Waals surface area contributed by atoms with Crippen molar-refractivity contribution in [3.05, 3.63) is 26.8 Å². The summed E-state index contributed by atoms with van der Waals surface area (Å²) in [4.78, 5) is 11.0. The first-order chi connectivity index (χ1) is 8.28. The summed E-state index contributed by atoms with van der Waals surface area (Å²) in [6.45, 7) is 0. The number of thioether (sulfide) groups is 1. The molecule has 0 bridgehead atoms. The lowest BCUT2D eigenvalue weighted by Crippen LogP contribution is -2.06. The van der Waals surface area contributed by atoms with Crippen LogP contribution in [-0.2, 0) is 4.74 Å². The van der Waals surface area contributed by atoms with Crippen molar-refractivity contribution in [1.82, 2.24) is 0 Å². The maximum Gasteiger partial charge on any atom is 0.446 e. The van der Waals surface area contributed by atoms with Gasteiger partial charge in [-0.1, -0.05) is 0 Å². The van der Waals surface area contributed by atoms with Crippen LogP contribution in [0.2, 0.25) is 0 Å². The van der Waals surface area contributed by atoms with E-state index in [0.29, 0.717) is 0 Å². The van der Waals surface area contributed by atoms with E-state index < -0.39 is 23.2 Å². The topological polar surface area (TPSA) is 50.1 Å². The van der Waals surface area contributed by atoms with E-state index in [1.807, 2.05) is 0 Å². The molecule has 0 aliphatic carbocycles. The summed E-state index contributed by atoms with van der Waals surface area (Å²) in [7, 11) is 1.13. The number of methoxy groups -OCH3 is 1. The minimum atomic E-state index is -4.52. The van der Waals surface area contributed by atoms with E-state index >= 15 is 0 Å². The average Bonchev–Trinajstić information content (AvgIpc) is 2.25. The normalized spacial score (nSPS) is 10.9. The molecule has 0 saturated carbocycles. The van der Waals surface area contributed by atoms with Crippen molar-refractivity contribution in [2.75, 3.05) is 7.11 Å². The molecule has 0 heterocycles. The molecule has 0 atom stereocenters. The van der Waals surface area contributed by atoms with E-state index in [1.54, 1.807) is 28.7 Å². The Kier molecular flexibility index (Phi) is 4.86. The quantitative estimate of drug-likeness (QED) is 0.443. The molecular weight excluding hydrogens is 382 g/mol. The van der Waals surface area contributed by atoms with Gasteiger partial charge in [-0.05, 0) is 46.5 Å². The van der Waals surface area contributed by atoms with E-state index in [9.17, 15) is 18.0 Å². The lowest BCUT2D eigenvalue weighted by atomic mass is 10.1. The van der Waals surface area contributed by atoms with Crippen molar-refractivity contribution in [3.63, 3.8) is 0 Å². The Bertz CT molecular complexity index is 525. The fourth-order valence-electron chi connectivity index (χ4n) is 1.13. The van der Waals surface area contributed by atoms with Gasteiger partial charge in [0.05, 0.1) is 18.2 Å². The summed E-state index contributed by atoms with van der Waals surface area (Å²) < 4.78 is 41.7. The zero-order valence-electron chi connectivity index (χ0n) is 8.84. The van der Waals surface area contributed by atoms with Gasteiger partial charge in [-0.25, -0.2) is 4.79 Å². The van der Waals surface area contributed by atoms with Crippen LogP contribution in [0.25, 0.3) is 0 Å². The fraction of sp³-hybridized carbons (Fsp3) is 0.200. The van der Waals surface area contributed by atoms with Crippen LogP contribution in [-0.4, -0.2) is 18.6 Å². The summed E-state index contributed by atoms with van der Waals surface area (Å²) in [5.74, 6) is -0.749.